The van der Waals surface area contributed by atoms with E-state index in [4.69, 9.17) is 14.5 Å². The van der Waals surface area contributed by atoms with Gasteiger partial charge in [0, 0.05) is 19.0 Å². The molecule has 0 aromatic heterocycles. The van der Waals surface area contributed by atoms with Crippen LogP contribution in [0.2, 0.25) is 0 Å². The highest BCUT2D eigenvalue weighted by molar-refractivity contribution is 6.01. The van der Waals surface area contributed by atoms with E-state index in [0.717, 1.165) is 48.6 Å². The SMILES string of the molecule is CCC[C@H](C)OC(=O)Nc1ccc(C2=NC([C@@H]3CCN(C(=O)CN(C)C)C3)=C3C=NC=C[N+]23C)cc1OC. The molecule has 3 aliphatic heterocycles. The van der Waals surface area contributed by atoms with E-state index in [1.54, 1.807) is 13.3 Å². The number of likely N-dealkylation sites (N-methyl/N-ethyl adjacent to an activating group) is 1. The van der Waals surface area contributed by atoms with Crippen LogP contribution in [0.25, 0.3) is 0 Å². The van der Waals surface area contributed by atoms with Crippen molar-refractivity contribution < 1.29 is 23.5 Å². The van der Waals surface area contributed by atoms with Gasteiger partial charge in [-0.25, -0.2) is 9.28 Å². The predicted octanol–water partition coefficient (Wildman–Crippen LogP) is 3.82. The number of nitrogens with one attached hydrogen (secondary N) is 1. The Morgan fingerprint density at radius 2 is 2.11 bits per heavy atom. The van der Waals surface area contributed by atoms with Gasteiger partial charge in [-0.1, -0.05) is 13.3 Å². The van der Waals surface area contributed by atoms with E-state index in [2.05, 4.69) is 24.3 Å². The lowest BCUT2D eigenvalue weighted by Crippen LogP contribution is -2.43. The van der Waals surface area contributed by atoms with Gasteiger partial charge in [-0.3, -0.25) is 15.1 Å². The standard InChI is InChI=1S/C28H38N6O4/c1-7-8-19(2)38-28(36)30-22-10-9-20(15-24(22)37-6)27-31-26(23-16-29-12-14-34(23,27)5)21-11-13-33(17-21)25(35)18-32(3)4/h9-10,12,14-16,19,21H,7-8,11,13,17-18H2,1-6H3/p+1/t19-,21+,34?/m0/s1. The number of nitrogens with zero attached hydrogens (tertiary/aromatic N) is 5. The van der Waals surface area contributed by atoms with Crippen LogP contribution in [0.1, 0.15) is 38.7 Å². The molecule has 204 valence electrons. The Labute approximate surface area is 224 Å². The molecule has 0 bridgehead atoms. The van der Waals surface area contributed by atoms with Gasteiger partial charge in [0.05, 0.1) is 44.4 Å². The molecule has 3 aliphatic rings. The van der Waals surface area contributed by atoms with Crippen LogP contribution in [-0.4, -0.2) is 92.3 Å². The summed E-state index contributed by atoms with van der Waals surface area (Å²) >= 11 is 0. The molecule has 1 aromatic carbocycles. The molecular weight excluding hydrogens is 484 g/mol. The second-order valence-electron chi connectivity index (χ2n) is 10.5. The van der Waals surface area contributed by atoms with Gasteiger partial charge in [-0.2, -0.15) is 4.99 Å². The molecule has 1 fully saturated rings. The number of hydrogen-bond acceptors (Lipinski definition) is 7. The third-order valence-electron chi connectivity index (χ3n) is 7.16. The van der Waals surface area contributed by atoms with Gasteiger partial charge in [-0.05, 0) is 52.1 Å². The van der Waals surface area contributed by atoms with Crippen molar-refractivity contribution in [2.24, 2.45) is 15.9 Å². The van der Waals surface area contributed by atoms with Crippen molar-refractivity contribution in [1.29, 1.82) is 0 Å². The fraction of sp³-hybridized carbons (Fsp3) is 0.500. The maximum Gasteiger partial charge on any atom is 0.412 e. The van der Waals surface area contributed by atoms with E-state index < -0.39 is 6.09 Å². The average molecular weight is 524 g/mol. The summed E-state index contributed by atoms with van der Waals surface area (Å²) in [6.07, 6.45) is 7.59. The van der Waals surface area contributed by atoms with Crippen molar-refractivity contribution in [2.45, 2.75) is 39.2 Å². The summed E-state index contributed by atoms with van der Waals surface area (Å²) in [6, 6.07) is 5.62. The minimum atomic E-state index is -0.509. The first-order valence-corrected chi connectivity index (χ1v) is 13.2. The number of amides is 2. The van der Waals surface area contributed by atoms with Gasteiger partial charge < -0.3 is 19.3 Å². The number of quaternary nitrogens is 1. The van der Waals surface area contributed by atoms with Crippen LogP contribution < -0.4 is 10.1 Å². The fourth-order valence-corrected chi connectivity index (χ4v) is 5.18. The monoisotopic (exact) mass is 523 g/mol. The van der Waals surface area contributed by atoms with Crippen LogP contribution >= 0.6 is 0 Å². The van der Waals surface area contributed by atoms with E-state index in [1.807, 2.05) is 61.4 Å². The van der Waals surface area contributed by atoms with E-state index in [0.29, 0.717) is 29.0 Å². The highest BCUT2D eigenvalue weighted by atomic mass is 16.6. The number of allylic oxidation sites excluding steroid dienone is 1. The molecule has 1 N–H and O–H groups in total. The normalized spacial score (nSPS) is 23.0. The lowest BCUT2D eigenvalue weighted by atomic mass is 10.0. The Bertz CT molecular complexity index is 1200. The maximum atomic E-state index is 12.7. The number of hydrogen-bond donors (Lipinski definition) is 1. The van der Waals surface area contributed by atoms with Crippen LogP contribution in [0.4, 0.5) is 10.5 Å². The number of carbonyl (C=O) groups excluding carboxylic acids is 2. The second-order valence-corrected chi connectivity index (χ2v) is 10.5. The van der Waals surface area contributed by atoms with Crippen molar-refractivity contribution in [3.63, 3.8) is 0 Å². The van der Waals surface area contributed by atoms with Gasteiger partial charge >= 0.3 is 6.09 Å². The minimum Gasteiger partial charge on any atom is -0.495 e. The molecular formula is C28H39N6O4+. The molecule has 0 radical (unpaired) electrons. The molecule has 1 aromatic rings. The zero-order chi connectivity index (χ0) is 27.4. The topological polar surface area (TPSA) is 95.8 Å². The lowest BCUT2D eigenvalue weighted by molar-refractivity contribution is -0.713. The Balaban J connectivity index is 1.59. The molecule has 10 heteroatoms. The third kappa shape index (κ3) is 5.66. The number of aliphatic imine (C=N–C) groups is 2. The first kappa shape index (κ1) is 27.5. The molecule has 10 nitrogen and oxygen atoms in total. The molecule has 1 saturated heterocycles. The Hall–Kier alpha value is -3.50. The number of amidine groups is 1. The van der Waals surface area contributed by atoms with Crippen LogP contribution in [-0.2, 0) is 9.53 Å². The molecule has 0 aliphatic carbocycles. The van der Waals surface area contributed by atoms with Gasteiger partial charge in [-0.15, -0.1) is 0 Å². The van der Waals surface area contributed by atoms with Gasteiger partial charge in [0.1, 0.15) is 23.8 Å². The van der Waals surface area contributed by atoms with Gasteiger partial charge in [0.25, 0.3) is 0 Å². The highest BCUT2D eigenvalue weighted by Crippen LogP contribution is 2.40. The number of benzene rings is 1. The molecule has 3 heterocycles. The van der Waals surface area contributed by atoms with Crippen molar-refractivity contribution >= 4 is 29.7 Å². The number of fused-ring (bicyclic) bond motifs is 1. The molecule has 0 spiro atoms. The second kappa shape index (κ2) is 11.5. The van der Waals surface area contributed by atoms with Crippen molar-refractivity contribution in [2.75, 3.05) is 53.2 Å². The van der Waals surface area contributed by atoms with Crippen molar-refractivity contribution in [3.8, 4) is 5.75 Å². The molecule has 3 atom stereocenters. The largest absolute Gasteiger partial charge is 0.495 e. The number of methoxy groups -OCH3 is 1. The summed E-state index contributed by atoms with van der Waals surface area (Å²) in [7, 11) is 7.46. The van der Waals surface area contributed by atoms with Crippen molar-refractivity contribution in [1.82, 2.24) is 9.80 Å². The van der Waals surface area contributed by atoms with Crippen LogP contribution in [0.5, 0.6) is 5.75 Å². The Kier molecular flexibility index (Phi) is 8.32. The summed E-state index contributed by atoms with van der Waals surface area (Å²) < 4.78 is 11.4. The number of ether oxygens (including phenoxy) is 2. The summed E-state index contributed by atoms with van der Waals surface area (Å²) in [5.74, 6) is 1.62. The van der Waals surface area contributed by atoms with Crippen LogP contribution in [0.15, 0.2) is 52.0 Å². The fourth-order valence-electron chi connectivity index (χ4n) is 5.18. The lowest BCUT2D eigenvalue weighted by Gasteiger charge is -2.28. The van der Waals surface area contributed by atoms with Gasteiger partial charge in [0.2, 0.25) is 11.7 Å². The summed E-state index contributed by atoms with van der Waals surface area (Å²) in [6.45, 7) is 5.69. The predicted molar refractivity (Wildman–Crippen MR) is 148 cm³/mol. The van der Waals surface area contributed by atoms with E-state index in [9.17, 15) is 9.59 Å². The van der Waals surface area contributed by atoms with E-state index in [1.165, 1.54) is 0 Å². The highest BCUT2D eigenvalue weighted by Gasteiger charge is 2.45. The maximum absolute atomic E-state index is 12.7. The number of rotatable bonds is 9. The third-order valence-corrected chi connectivity index (χ3v) is 7.16. The first-order chi connectivity index (χ1) is 18.2. The summed E-state index contributed by atoms with van der Waals surface area (Å²) in [5.41, 5.74) is 3.37. The molecule has 4 rings (SSSR count). The van der Waals surface area contributed by atoms with Crippen LogP contribution in [0.3, 0.4) is 0 Å². The molecule has 2 amide bonds. The minimum absolute atomic E-state index is 0.131. The zero-order valence-corrected chi connectivity index (χ0v) is 23.2. The number of likely N-dealkylation sites (tertiary alicyclic amines) is 1. The smallest absolute Gasteiger partial charge is 0.412 e. The van der Waals surface area contributed by atoms with E-state index in [-0.39, 0.29) is 17.9 Å². The molecule has 1 unspecified atom stereocenters. The first-order valence-electron chi connectivity index (χ1n) is 13.2. The Morgan fingerprint density at radius 1 is 1.32 bits per heavy atom. The average Bonchev–Trinajstić information content (AvgIpc) is 3.47. The van der Waals surface area contributed by atoms with Crippen molar-refractivity contribution in [3.05, 3.63) is 47.6 Å². The quantitative estimate of drug-likeness (QED) is 0.497. The Morgan fingerprint density at radius 3 is 2.82 bits per heavy atom. The number of carbonyl (C=O) groups is 2. The van der Waals surface area contributed by atoms with Gasteiger partial charge in [0.15, 0.2) is 5.70 Å². The number of anilines is 1. The molecule has 0 saturated carbocycles. The van der Waals surface area contributed by atoms with Crippen LogP contribution in [0, 0.1) is 5.92 Å². The zero-order valence-electron chi connectivity index (χ0n) is 23.2. The summed E-state index contributed by atoms with van der Waals surface area (Å²) in [4.78, 5) is 38.4. The molecule has 38 heavy (non-hydrogen) atoms. The van der Waals surface area contributed by atoms with E-state index >= 15 is 0 Å². The summed E-state index contributed by atoms with van der Waals surface area (Å²) in [5, 5.41) is 2.80.